The first-order chi connectivity index (χ1) is 11.0. The summed E-state index contributed by atoms with van der Waals surface area (Å²) in [6.45, 7) is 7.27. The smallest absolute Gasteiger partial charge is 0.0645 e. The summed E-state index contributed by atoms with van der Waals surface area (Å²) in [5.41, 5.74) is 3.36. The predicted molar refractivity (Wildman–Crippen MR) is 96.8 cm³/mol. The fourth-order valence-corrected chi connectivity index (χ4v) is 3.43. The van der Waals surface area contributed by atoms with Gasteiger partial charge in [0.1, 0.15) is 0 Å². The molecule has 3 rings (SSSR count). The van der Waals surface area contributed by atoms with E-state index in [0.717, 1.165) is 25.8 Å². The molecule has 0 bridgehead atoms. The average Bonchev–Trinajstić information content (AvgIpc) is 3.16. The Bertz CT molecular complexity index is 651. The Balaban J connectivity index is 1.74. The maximum Gasteiger partial charge on any atom is 0.0645 e. The van der Waals surface area contributed by atoms with Gasteiger partial charge in [-0.1, -0.05) is 19.9 Å². The summed E-state index contributed by atoms with van der Waals surface area (Å²) in [6, 6.07) is 7.30. The molecule has 0 spiro atoms. The number of nitrogens with one attached hydrogen (secondary N) is 2. The van der Waals surface area contributed by atoms with E-state index < -0.39 is 5.60 Å². The zero-order valence-corrected chi connectivity index (χ0v) is 14.7. The largest absolute Gasteiger partial charge is 0.390 e. The van der Waals surface area contributed by atoms with Gasteiger partial charge in [0.2, 0.25) is 0 Å². The number of hydrogen-bond acceptors (Lipinski definition) is 2. The molecule has 0 aliphatic carbocycles. The normalized spacial score (nSPS) is 21.2. The molecule has 1 aromatic carbocycles. The van der Waals surface area contributed by atoms with Crippen LogP contribution in [0.3, 0.4) is 0 Å². The van der Waals surface area contributed by atoms with Crippen molar-refractivity contribution in [3.8, 4) is 0 Å². The topological polar surface area (TPSA) is 48.0 Å². The van der Waals surface area contributed by atoms with Crippen LogP contribution in [-0.2, 0) is 12.8 Å². The van der Waals surface area contributed by atoms with Gasteiger partial charge in [0.05, 0.1) is 5.60 Å². The van der Waals surface area contributed by atoms with Crippen molar-refractivity contribution in [1.82, 2.24) is 10.3 Å². The highest BCUT2D eigenvalue weighted by Gasteiger charge is 2.24. The van der Waals surface area contributed by atoms with Gasteiger partial charge in [-0.2, -0.15) is 0 Å². The zero-order valence-electron chi connectivity index (χ0n) is 14.7. The van der Waals surface area contributed by atoms with Crippen LogP contribution in [0.25, 0.3) is 10.9 Å². The van der Waals surface area contributed by atoms with Crippen molar-refractivity contribution in [1.29, 1.82) is 0 Å². The summed E-state index contributed by atoms with van der Waals surface area (Å²) in [4.78, 5) is 3.40. The molecule has 0 radical (unpaired) electrons. The van der Waals surface area contributed by atoms with E-state index in [0.29, 0.717) is 6.04 Å². The number of hydrogen-bond donors (Lipinski definition) is 3. The van der Waals surface area contributed by atoms with Crippen LogP contribution in [0.5, 0.6) is 0 Å². The highest BCUT2D eigenvalue weighted by molar-refractivity contribution is 5.84. The Morgan fingerprint density at radius 3 is 2.87 bits per heavy atom. The molecule has 0 saturated carbocycles. The number of fused-ring (bicyclic) bond motifs is 1. The van der Waals surface area contributed by atoms with Gasteiger partial charge in [-0.15, -0.1) is 0 Å². The van der Waals surface area contributed by atoms with Crippen molar-refractivity contribution < 1.29 is 5.11 Å². The summed E-state index contributed by atoms with van der Waals surface area (Å²) in [6.07, 6.45) is 7.57. The molecule has 23 heavy (non-hydrogen) atoms. The van der Waals surface area contributed by atoms with Gasteiger partial charge < -0.3 is 15.4 Å². The van der Waals surface area contributed by atoms with E-state index >= 15 is 0 Å². The van der Waals surface area contributed by atoms with E-state index in [9.17, 15) is 5.11 Å². The van der Waals surface area contributed by atoms with E-state index in [1.165, 1.54) is 34.9 Å². The van der Waals surface area contributed by atoms with Gasteiger partial charge in [0, 0.05) is 23.1 Å². The molecular formula is C20H30N2O. The molecule has 1 unspecified atom stereocenters. The molecule has 1 aliphatic heterocycles. The first kappa shape index (κ1) is 16.5. The van der Waals surface area contributed by atoms with Gasteiger partial charge >= 0.3 is 0 Å². The van der Waals surface area contributed by atoms with E-state index in [1.807, 2.05) is 6.92 Å². The molecule has 1 aliphatic rings. The summed E-state index contributed by atoms with van der Waals surface area (Å²) < 4.78 is 0. The van der Waals surface area contributed by atoms with Gasteiger partial charge in [0.25, 0.3) is 0 Å². The molecule has 2 heterocycles. The lowest BCUT2D eigenvalue weighted by Crippen LogP contribution is -2.31. The number of aromatic nitrogens is 1. The Labute approximate surface area is 139 Å². The van der Waals surface area contributed by atoms with Crippen LogP contribution in [-0.4, -0.2) is 28.3 Å². The van der Waals surface area contributed by atoms with Crippen molar-refractivity contribution >= 4 is 10.9 Å². The molecule has 0 amide bonds. The molecule has 1 saturated heterocycles. The Hall–Kier alpha value is -1.32. The summed E-state index contributed by atoms with van der Waals surface area (Å²) in [5, 5.41) is 15.4. The fourth-order valence-electron chi connectivity index (χ4n) is 3.43. The third-order valence-corrected chi connectivity index (χ3v) is 5.62. The number of rotatable bonds is 6. The molecule has 3 N–H and O–H groups in total. The summed E-state index contributed by atoms with van der Waals surface area (Å²) in [5.74, 6) is 0.280. The first-order valence-corrected chi connectivity index (χ1v) is 9.00. The third-order valence-electron chi connectivity index (χ3n) is 5.62. The zero-order chi connectivity index (χ0) is 16.4. The van der Waals surface area contributed by atoms with E-state index in [2.05, 4.69) is 48.5 Å². The minimum Gasteiger partial charge on any atom is -0.390 e. The molecular weight excluding hydrogens is 284 g/mol. The maximum atomic E-state index is 10.5. The lowest BCUT2D eigenvalue weighted by atomic mass is 9.86. The quantitative estimate of drug-likeness (QED) is 0.759. The van der Waals surface area contributed by atoms with Crippen molar-refractivity contribution in [3.63, 3.8) is 0 Å². The highest BCUT2D eigenvalue weighted by Crippen LogP contribution is 2.26. The highest BCUT2D eigenvalue weighted by atomic mass is 16.3. The number of H-pyrrole nitrogens is 1. The van der Waals surface area contributed by atoms with Gasteiger partial charge in [-0.25, -0.2) is 0 Å². The fraction of sp³-hybridized carbons (Fsp3) is 0.600. The van der Waals surface area contributed by atoms with Gasteiger partial charge in [-0.05, 0) is 74.8 Å². The summed E-state index contributed by atoms with van der Waals surface area (Å²) >= 11 is 0. The van der Waals surface area contributed by atoms with Crippen LogP contribution in [0.4, 0.5) is 0 Å². The summed E-state index contributed by atoms with van der Waals surface area (Å²) in [7, 11) is 0. The van der Waals surface area contributed by atoms with Gasteiger partial charge in [-0.3, -0.25) is 0 Å². The standard InChI is InChI=1S/C20H30N2O/c1-14(2)20(3,23)9-8-15-6-7-19-18(11-15)16(13-22-19)12-17-5-4-10-21-17/h6-7,11,13-14,17,21-23H,4-5,8-10,12H2,1-3H3/t17-,20?/m1/s1. The van der Waals surface area contributed by atoms with E-state index in [1.54, 1.807) is 0 Å². The van der Waals surface area contributed by atoms with Crippen LogP contribution >= 0.6 is 0 Å². The molecule has 1 fully saturated rings. The number of aryl methyl sites for hydroxylation is 1. The Morgan fingerprint density at radius 1 is 1.35 bits per heavy atom. The molecule has 3 heteroatoms. The van der Waals surface area contributed by atoms with Crippen molar-refractivity contribution in [2.75, 3.05) is 6.54 Å². The molecule has 126 valence electrons. The third kappa shape index (κ3) is 3.78. The van der Waals surface area contributed by atoms with Crippen LogP contribution in [0.1, 0.15) is 51.2 Å². The second-order valence-corrected chi connectivity index (χ2v) is 7.70. The van der Waals surface area contributed by atoms with Gasteiger partial charge in [0.15, 0.2) is 0 Å². The van der Waals surface area contributed by atoms with Crippen LogP contribution in [0.15, 0.2) is 24.4 Å². The van der Waals surface area contributed by atoms with E-state index in [-0.39, 0.29) is 5.92 Å². The monoisotopic (exact) mass is 314 g/mol. The molecule has 2 aromatic rings. The molecule has 1 aromatic heterocycles. The number of benzene rings is 1. The second-order valence-electron chi connectivity index (χ2n) is 7.70. The predicted octanol–water partition coefficient (Wildman–Crippen LogP) is 3.80. The lowest BCUT2D eigenvalue weighted by Gasteiger charge is -2.27. The van der Waals surface area contributed by atoms with Crippen LogP contribution in [0, 0.1) is 5.92 Å². The minimum absolute atomic E-state index is 0.280. The maximum absolute atomic E-state index is 10.5. The van der Waals surface area contributed by atoms with Crippen LogP contribution in [0.2, 0.25) is 0 Å². The minimum atomic E-state index is -0.594. The van der Waals surface area contributed by atoms with Crippen LogP contribution < -0.4 is 5.32 Å². The van der Waals surface area contributed by atoms with Crippen molar-refractivity contribution in [2.45, 2.75) is 64.5 Å². The second kappa shape index (κ2) is 6.66. The number of aliphatic hydroxyl groups is 1. The molecule has 2 atom stereocenters. The van der Waals surface area contributed by atoms with Crippen molar-refractivity contribution in [2.24, 2.45) is 5.92 Å². The van der Waals surface area contributed by atoms with E-state index in [4.69, 9.17) is 0 Å². The Morgan fingerprint density at radius 2 is 2.17 bits per heavy atom. The lowest BCUT2D eigenvalue weighted by molar-refractivity contribution is 0.00569. The van der Waals surface area contributed by atoms with Crippen molar-refractivity contribution in [3.05, 3.63) is 35.5 Å². The first-order valence-electron chi connectivity index (χ1n) is 9.00. The molecule has 3 nitrogen and oxygen atoms in total. The SMILES string of the molecule is CC(C)C(C)(O)CCc1ccc2[nH]cc(C[C@H]3CCCN3)c2c1. The average molecular weight is 314 g/mol. The Kier molecular flexibility index (Phi) is 4.79. The number of aromatic amines is 1.